The van der Waals surface area contributed by atoms with Gasteiger partial charge >= 0.3 is 5.97 Å². The number of pyridine rings is 1. The molecule has 8 heteroatoms. The minimum Gasteiger partial charge on any atom is -0.468 e. The minimum absolute atomic E-state index is 0.225. The largest absolute Gasteiger partial charge is 0.468 e. The number of anilines is 1. The summed E-state index contributed by atoms with van der Waals surface area (Å²) in [6, 6.07) is 3.75. The van der Waals surface area contributed by atoms with Crippen molar-refractivity contribution >= 4 is 27.6 Å². The number of hydrogen-bond acceptors (Lipinski definition) is 6. The third-order valence-corrected chi connectivity index (χ3v) is 3.46. The minimum atomic E-state index is -0.535. The highest BCUT2D eigenvalue weighted by Gasteiger charge is 2.11. The number of carbonyl (C=O) groups is 1. The van der Waals surface area contributed by atoms with Crippen LogP contribution in [0, 0.1) is 0 Å². The van der Waals surface area contributed by atoms with Crippen molar-refractivity contribution in [2.45, 2.75) is 13.1 Å². The van der Waals surface area contributed by atoms with Crippen molar-refractivity contribution in [2.75, 3.05) is 12.4 Å². The average molecular weight is 353 g/mol. The van der Waals surface area contributed by atoms with Gasteiger partial charge in [0.25, 0.3) is 5.56 Å². The van der Waals surface area contributed by atoms with Crippen LogP contribution in [0.2, 0.25) is 0 Å². The topological polar surface area (TPSA) is 86.1 Å². The Morgan fingerprint density at radius 3 is 2.95 bits per heavy atom. The van der Waals surface area contributed by atoms with E-state index in [1.807, 2.05) is 12.1 Å². The van der Waals surface area contributed by atoms with E-state index in [1.54, 1.807) is 12.4 Å². The van der Waals surface area contributed by atoms with E-state index in [1.165, 1.54) is 13.3 Å². The molecule has 0 aliphatic heterocycles. The molecule has 0 saturated carbocycles. The van der Waals surface area contributed by atoms with Crippen molar-refractivity contribution in [3.8, 4) is 0 Å². The van der Waals surface area contributed by atoms with Gasteiger partial charge in [-0.05, 0) is 27.6 Å². The maximum absolute atomic E-state index is 12.0. The van der Waals surface area contributed by atoms with Crippen molar-refractivity contribution in [1.29, 1.82) is 0 Å². The molecule has 0 aliphatic rings. The molecule has 0 saturated heterocycles. The van der Waals surface area contributed by atoms with Crippen molar-refractivity contribution in [2.24, 2.45) is 0 Å². The van der Waals surface area contributed by atoms with E-state index in [0.29, 0.717) is 16.7 Å². The van der Waals surface area contributed by atoms with Crippen LogP contribution in [-0.2, 0) is 22.6 Å². The van der Waals surface area contributed by atoms with Crippen LogP contribution in [0.25, 0.3) is 0 Å². The van der Waals surface area contributed by atoms with Gasteiger partial charge in [0.1, 0.15) is 11.0 Å². The van der Waals surface area contributed by atoms with Crippen molar-refractivity contribution in [3.05, 3.63) is 51.1 Å². The van der Waals surface area contributed by atoms with E-state index < -0.39 is 11.5 Å². The van der Waals surface area contributed by atoms with Gasteiger partial charge in [-0.1, -0.05) is 6.07 Å². The lowest BCUT2D eigenvalue weighted by molar-refractivity contribution is -0.141. The molecule has 2 aromatic rings. The maximum atomic E-state index is 12.0. The smallest absolute Gasteiger partial charge is 0.327 e. The monoisotopic (exact) mass is 352 g/mol. The Hall–Kier alpha value is -2.22. The summed E-state index contributed by atoms with van der Waals surface area (Å²) < 4.78 is 5.85. The Bertz CT molecular complexity index is 688. The lowest BCUT2D eigenvalue weighted by Gasteiger charge is -2.09. The molecule has 0 bridgehead atoms. The Labute approximate surface area is 129 Å². The molecule has 2 rings (SSSR count). The summed E-state index contributed by atoms with van der Waals surface area (Å²) in [6.07, 6.45) is 4.90. The van der Waals surface area contributed by atoms with Crippen LogP contribution in [0.4, 0.5) is 5.69 Å². The molecule has 7 nitrogen and oxygen atoms in total. The van der Waals surface area contributed by atoms with E-state index >= 15 is 0 Å². The zero-order valence-corrected chi connectivity index (χ0v) is 12.8. The Balaban J connectivity index is 2.13. The maximum Gasteiger partial charge on any atom is 0.327 e. The van der Waals surface area contributed by atoms with Crippen LogP contribution in [0.5, 0.6) is 0 Å². The molecule has 0 fully saturated rings. The molecule has 0 amide bonds. The highest BCUT2D eigenvalue weighted by molar-refractivity contribution is 9.10. The van der Waals surface area contributed by atoms with Gasteiger partial charge in [-0.15, -0.1) is 0 Å². The highest BCUT2D eigenvalue weighted by Crippen LogP contribution is 2.17. The Kier molecular flexibility index (Phi) is 5.04. The molecule has 2 heterocycles. The first-order valence-electron chi connectivity index (χ1n) is 6.07. The molecule has 21 heavy (non-hydrogen) atoms. The van der Waals surface area contributed by atoms with Crippen molar-refractivity contribution in [3.63, 3.8) is 0 Å². The Morgan fingerprint density at radius 2 is 2.29 bits per heavy atom. The standard InChI is InChI=1S/C13H13BrN4O3/c1-21-11(19)8-18-13(20)12(14)10(7-17-18)16-6-9-3-2-4-15-5-9/h2-5,7,16H,6,8H2,1H3. The van der Waals surface area contributed by atoms with Gasteiger partial charge in [-0.3, -0.25) is 14.6 Å². The van der Waals surface area contributed by atoms with Crippen LogP contribution in [0.15, 0.2) is 40.0 Å². The van der Waals surface area contributed by atoms with E-state index in [4.69, 9.17) is 0 Å². The van der Waals surface area contributed by atoms with Gasteiger partial charge in [-0.2, -0.15) is 5.10 Å². The third kappa shape index (κ3) is 3.88. The predicted molar refractivity (Wildman–Crippen MR) is 79.8 cm³/mol. The summed E-state index contributed by atoms with van der Waals surface area (Å²) in [4.78, 5) is 27.2. The number of rotatable bonds is 5. The third-order valence-electron chi connectivity index (χ3n) is 2.70. The van der Waals surface area contributed by atoms with Crippen molar-refractivity contribution < 1.29 is 9.53 Å². The molecule has 110 valence electrons. The molecule has 0 atom stereocenters. The second-order valence-corrected chi connectivity index (χ2v) is 4.92. The number of nitrogens with zero attached hydrogens (tertiary/aromatic N) is 3. The number of esters is 1. The van der Waals surface area contributed by atoms with E-state index in [0.717, 1.165) is 10.2 Å². The second-order valence-electron chi connectivity index (χ2n) is 4.13. The molecule has 0 aliphatic carbocycles. The fourth-order valence-corrected chi connectivity index (χ4v) is 2.03. The number of ether oxygens (including phenoxy) is 1. The normalized spacial score (nSPS) is 10.2. The molecular weight excluding hydrogens is 340 g/mol. The lowest BCUT2D eigenvalue weighted by atomic mass is 10.3. The Morgan fingerprint density at radius 1 is 1.48 bits per heavy atom. The first kappa shape index (κ1) is 15.2. The van der Waals surface area contributed by atoms with Crippen LogP contribution >= 0.6 is 15.9 Å². The molecule has 0 spiro atoms. The second kappa shape index (κ2) is 6.98. The molecule has 0 radical (unpaired) electrons. The molecule has 1 N–H and O–H groups in total. The van der Waals surface area contributed by atoms with E-state index in [2.05, 4.69) is 36.1 Å². The average Bonchev–Trinajstić information content (AvgIpc) is 2.52. The van der Waals surface area contributed by atoms with Gasteiger partial charge < -0.3 is 10.1 Å². The summed E-state index contributed by atoms with van der Waals surface area (Å²) in [5, 5.41) is 7.02. The van der Waals surface area contributed by atoms with E-state index in [-0.39, 0.29) is 6.54 Å². The van der Waals surface area contributed by atoms with Gasteiger partial charge in [-0.25, -0.2) is 4.68 Å². The number of carbonyl (C=O) groups excluding carboxylic acids is 1. The van der Waals surface area contributed by atoms with Gasteiger partial charge in [0.15, 0.2) is 0 Å². The number of aromatic nitrogens is 3. The number of halogens is 1. The summed E-state index contributed by atoms with van der Waals surface area (Å²) >= 11 is 3.21. The molecular formula is C13H13BrN4O3. The molecule has 0 unspecified atom stereocenters. The van der Waals surface area contributed by atoms with Crippen LogP contribution < -0.4 is 10.9 Å². The predicted octanol–water partition coefficient (Wildman–Crippen LogP) is 1.19. The van der Waals surface area contributed by atoms with Gasteiger partial charge in [0.2, 0.25) is 0 Å². The number of hydrogen-bond donors (Lipinski definition) is 1. The van der Waals surface area contributed by atoms with Crippen LogP contribution in [-0.4, -0.2) is 27.8 Å². The SMILES string of the molecule is COC(=O)Cn1ncc(NCc2cccnc2)c(Br)c1=O. The molecule has 2 aromatic heterocycles. The van der Waals surface area contributed by atoms with Crippen LogP contribution in [0.3, 0.4) is 0 Å². The zero-order valence-electron chi connectivity index (χ0n) is 11.2. The molecule has 0 aromatic carbocycles. The van der Waals surface area contributed by atoms with Gasteiger partial charge in [0.05, 0.1) is 19.0 Å². The number of nitrogens with one attached hydrogen (secondary N) is 1. The first-order valence-corrected chi connectivity index (χ1v) is 6.86. The van der Waals surface area contributed by atoms with E-state index in [9.17, 15) is 9.59 Å². The summed E-state index contributed by atoms with van der Waals surface area (Å²) in [5.41, 5.74) is 1.12. The summed E-state index contributed by atoms with van der Waals surface area (Å²) in [5.74, 6) is -0.535. The van der Waals surface area contributed by atoms with Gasteiger partial charge in [0, 0.05) is 18.9 Å². The lowest BCUT2D eigenvalue weighted by Crippen LogP contribution is -2.28. The fraction of sp³-hybridized carbons (Fsp3) is 0.231. The summed E-state index contributed by atoms with van der Waals surface area (Å²) in [7, 11) is 1.26. The quantitative estimate of drug-likeness (QED) is 0.813. The highest BCUT2D eigenvalue weighted by atomic mass is 79.9. The van der Waals surface area contributed by atoms with Crippen molar-refractivity contribution in [1.82, 2.24) is 14.8 Å². The van der Waals surface area contributed by atoms with Crippen LogP contribution in [0.1, 0.15) is 5.56 Å². The number of methoxy groups -OCH3 is 1. The zero-order chi connectivity index (χ0) is 15.2. The summed E-state index contributed by atoms with van der Waals surface area (Å²) in [6.45, 7) is 0.283. The fourth-order valence-electron chi connectivity index (χ4n) is 1.59. The first-order chi connectivity index (χ1) is 10.1.